The minimum Gasteiger partial charge on any atom is -0.305 e. The maximum absolute atomic E-state index is 5.83. The van der Waals surface area contributed by atoms with Gasteiger partial charge in [-0.2, -0.15) is 5.10 Å². The van der Waals surface area contributed by atoms with E-state index in [4.69, 9.17) is 11.6 Å². The zero-order valence-electron chi connectivity index (χ0n) is 9.92. The van der Waals surface area contributed by atoms with Crippen molar-refractivity contribution in [3.05, 3.63) is 18.0 Å². The summed E-state index contributed by atoms with van der Waals surface area (Å²) in [5.41, 5.74) is 1.02. The molecule has 3 nitrogen and oxygen atoms in total. The molecule has 86 valence electrons. The van der Waals surface area contributed by atoms with Gasteiger partial charge in [0.2, 0.25) is 0 Å². The SMILES string of the molecule is CC(C)n1ccc(CNC(C)(C)CCl)n1. The molecule has 0 amide bonds. The van der Waals surface area contributed by atoms with Gasteiger partial charge in [0.05, 0.1) is 5.69 Å². The number of alkyl halides is 1. The summed E-state index contributed by atoms with van der Waals surface area (Å²) in [4.78, 5) is 0. The van der Waals surface area contributed by atoms with Gasteiger partial charge in [0.15, 0.2) is 0 Å². The Labute approximate surface area is 96.8 Å². The molecule has 0 radical (unpaired) electrons. The van der Waals surface area contributed by atoms with Crippen LogP contribution in [0.25, 0.3) is 0 Å². The third-order valence-electron chi connectivity index (χ3n) is 2.27. The summed E-state index contributed by atoms with van der Waals surface area (Å²) < 4.78 is 1.96. The molecule has 0 bridgehead atoms. The number of hydrogen-bond donors (Lipinski definition) is 1. The molecule has 4 heteroatoms. The second-order valence-corrected chi connectivity index (χ2v) is 5.02. The first kappa shape index (κ1) is 12.5. The van der Waals surface area contributed by atoms with Gasteiger partial charge in [-0.15, -0.1) is 11.6 Å². The molecule has 15 heavy (non-hydrogen) atoms. The molecule has 0 unspecified atom stereocenters. The van der Waals surface area contributed by atoms with Crippen LogP contribution in [0.1, 0.15) is 39.4 Å². The lowest BCUT2D eigenvalue weighted by atomic mass is 10.1. The first-order chi connectivity index (χ1) is 6.94. The van der Waals surface area contributed by atoms with Crippen LogP contribution in [0.15, 0.2) is 12.3 Å². The molecule has 0 atom stereocenters. The first-order valence-electron chi connectivity index (χ1n) is 5.29. The van der Waals surface area contributed by atoms with Gasteiger partial charge in [0, 0.05) is 30.2 Å². The maximum Gasteiger partial charge on any atom is 0.0762 e. The van der Waals surface area contributed by atoms with Crippen molar-refractivity contribution in [3.8, 4) is 0 Å². The molecule has 0 aromatic carbocycles. The van der Waals surface area contributed by atoms with Crippen molar-refractivity contribution in [2.24, 2.45) is 0 Å². The molecule has 0 fully saturated rings. The van der Waals surface area contributed by atoms with Crippen LogP contribution in [-0.4, -0.2) is 21.2 Å². The Balaban J connectivity index is 2.51. The van der Waals surface area contributed by atoms with Gasteiger partial charge in [0.1, 0.15) is 0 Å². The smallest absolute Gasteiger partial charge is 0.0762 e. The predicted molar refractivity (Wildman–Crippen MR) is 64.3 cm³/mol. The minimum atomic E-state index is -0.0385. The zero-order chi connectivity index (χ0) is 11.5. The summed E-state index contributed by atoms with van der Waals surface area (Å²) in [6.07, 6.45) is 2.01. The van der Waals surface area contributed by atoms with Crippen molar-refractivity contribution in [3.63, 3.8) is 0 Å². The van der Waals surface area contributed by atoms with E-state index in [0.29, 0.717) is 11.9 Å². The molecule has 1 aromatic heterocycles. The average molecular weight is 230 g/mol. The standard InChI is InChI=1S/C11H20ClN3/c1-9(2)15-6-5-10(14-15)7-13-11(3,4)8-12/h5-6,9,13H,7-8H2,1-4H3. The molecular weight excluding hydrogens is 210 g/mol. The number of nitrogens with zero attached hydrogens (tertiary/aromatic N) is 2. The summed E-state index contributed by atoms with van der Waals surface area (Å²) in [5.74, 6) is 0.595. The van der Waals surface area contributed by atoms with Crippen LogP contribution in [0.3, 0.4) is 0 Å². The van der Waals surface area contributed by atoms with Gasteiger partial charge >= 0.3 is 0 Å². The van der Waals surface area contributed by atoms with Crippen molar-refractivity contribution in [1.82, 2.24) is 15.1 Å². The third kappa shape index (κ3) is 3.84. The fourth-order valence-corrected chi connectivity index (χ4v) is 1.23. The lowest BCUT2D eigenvalue weighted by Gasteiger charge is -2.22. The molecule has 0 saturated heterocycles. The van der Waals surface area contributed by atoms with Crippen LogP contribution in [0.2, 0.25) is 0 Å². The second kappa shape index (κ2) is 4.99. The summed E-state index contributed by atoms with van der Waals surface area (Å²) in [6, 6.07) is 2.46. The highest BCUT2D eigenvalue weighted by Crippen LogP contribution is 2.08. The molecule has 0 aliphatic rings. The van der Waals surface area contributed by atoms with E-state index in [1.807, 2.05) is 16.9 Å². The monoisotopic (exact) mass is 229 g/mol. The fraction of sp³-hybridized carbons (Fsp3) is 0.727. The highest BCUT2D eigenvalue weighted by molar-refractivity contribution is 6.18. The van der Waals surface area contributed by atoms with E-state index in [2.05, 4.69) is 38.1 Å². The quantitative estimate of drug-likeness (QED) is 0.787. The number of nitrogens with one attached hydrogen (secondary N) is 1. The van der Waals surface area contributed by atoms with Crippen LogP contribution in [-0.2, 0) is 6.54 Å². The lowest BCUT2D eigenvalue weighted by molar-refractivity contribution is 0.422. The van der Waals surface area contributed by atoms with Gasteiger partial charge in [-0.1, -0.05) is 0 Å². The van der Waals surface area contributed by atoms with Gasteiger partial charge in [-0.25, -0.2) is 0 Å². The van der Waals surface area contributed by atoms with E-state index < -0.39 is 0 Å². The van der Waals surface area contributed by atoms with Gasteiger partial charge in [0.25, 0.3) is 0 Å². The zero-order valence-corrected chi connectivity index (χ0v) is 10.7. The van der Waals surface area contributed by atoms with Crippen LogP contribution in [0.5, 0.6) is 0 Å². The van der Waals surface area contributed by atoms with Crippen molar-refractivity contribution in [2.75, 3.05) is 5.88 Å². The molecule has 0 aliphatic heterocycles. The molecule has 1 heterocycles. The van der Waals surface area contributed by atoms with E-state index in [0.717, 1.165) is 12.2 Å². The van der Waals surface area contributed by atoms with Crippen molar-refractivity contribution >= 4 is 11.6 Å². The summed E-state index contributed by atoms with van der Waals surface area (Å²) in [5, 5.41) is 7.83. The van der Waals surface area contributed by atoms with Crippen LogP contribution in [0.4, 0.5) is 0 Å². The summed E-state index contributed by atoms with van der Waals surface area (Å²) >= 11 is 5.83. The van der Waals surface area contributed by atoms with E-state index in [1.54, 1.807) is 0 Å². The Kier molecular flexibility index (Phi) is 4.17. The second-order valence-electron chi connectivity index (χ2n) is 4.75. The summed E-state index contributed by atoms with van der Waals surface area (Å²) in [6.45, 7) is 9.16. The Morgan fingerprint density at radius 3 is 2.67 bits per heavy atom. The van der Waals surface area contributed by atoms with Gasteiger partial charge < -0.3 is 5.32 Å². The Morgan fingerprint density at radius 1 is 1.53 bits per heavy atom. The first-order valence-corrected chi connectivity index (χ1v) is 5.83. The Hall–Kier alpha value is -0.540. The molecule has 0 aliphatic carbocycles. The number of hydrogen-bond acceptors (Lipinski definition) is 2. The molecule has 1 aromatic rings. The van der Waals surface area contributed by atoms with Crippen LogP contribution >= 0.6 is 11.6 Å². The Morgan fingerprint density at radius 2 is 2.20 bits per heavy atom. The fourth-order valence-electron chi connectivity index (χ4n) is 1.14. The minimum absolute atomic E-state index is 0.0385. The summed E-state index contributed by atoms with van der Waals surface area (Å²) in [7, 11) is 0. The normalized spacial score (nSPS) is 12.4. The highest BCUT2D eigenvalue weighted by Gasteiger charge is 2.15. The average Bonchev–Trinajstić information content (AvgIpc) is 2.63. The van der Waals surface area contributed by atoms with E-state index in [1.165, 1.54) is 0 Å². The lowest BCUT2D eigenvalue weighted by Crippen LogP contribution is -2.40. The molecular formula is C11H20ClN3. The molecule has 1 N–H and O–H groups in total. The third-order valence-corrected chi connectivity index (χ3v) is 2.94. The maximum atomic E-state index is 5.83. The van der Waals surface area contributed by atoms with Crippen molar-refractivity contribution in [2.45, 2.75) is 45.8 Å². The van der Waals surface area contributed by atoms with Crippen LogP contribution < -0.4 is 5.32 Å². The highest BCUT2D eigenvalue weighted by atomic mass is 35.5. The van der Waals surface area contributed by atoms with E-state index in [-0.39, 0.29) is 5.54 Å². The van der Waals surface area contributed by atoms with Crippen molar-refractivity contribution < 1.29 is 0 Å². The topological polar surface area (TPSA) is 29.9 Å². The molecule has 0 saturated carbocycles. The largest absolute Gasteiger partial charge is 0.305 e. The van der Waals surface area contributed by atoms with E-state index >= 15 is 0 Å². The van der Waals surface area contributed by atoms with Crippen molar-refractivity contribution in [1.29, 1.82) is 0 Å². The number of halogens is 1. The van der Waals surface area contributed by atoms with E-state index in [9.17, 15) is 0 Å². The predicted octanol–water partition coefficient (Wildman–Crippen LogP) is 2.57. The number of rotatable bonds is 5. The van der Waals surface area contributed by atoms with Crippen LogP contribution in [0, 0.1) is 0 Å². The van der Waals surface area contributed by atoms with Gasteiger partial charge in [-0.3, -0.25) is 4.68 Å². The molecule has 0 spiro atoms. The number of aromatic nitrogens is 2. The molecule has 1 rings (SSSR count). The van der Waals surface area contributed by atoms with Gasteiger partial charge in [-0.05, 0) is 33.8 Å². The Bertz CT molecular complexity index is 305.